The van der Waals surface area contributed by atoms with Crippen LogP contribution in [0.5, 0.6) is 0 Å². The number of fused-ring (bicyclic) bond motifs is 1. The van der Waals surface area contributed by atoms with Gasteiger partial charge in [-0.25, -0.2) is 8.42 Å². The van der Waals surface area contributed by atoms with Crippen molar-refractivity contribution in [2.24, 2.45) is 0 Å². The third-order valence-corrected chi connectivity index (χ3v) is 6.26. The first kappa shape index (κ1) is 16.0. The van der Waals surface area contributed by atoms with Crippen LogP contribution in [0.25, 0.3) is 10.8 Å². The van der Waals surface area contributed by atoms with Crippen molar-refractivity contribution in [1.82, 2.24) is 5.32 Å². The fraction of sp³-hybridized carbons (Fsp3) is 0.412. The molecule has 3 nitrogen and oxygen atoms in total. The Morgan fingerprint density at radius 1 is 1.05 bits per heavy atom. The zero-order chi connectivity index (χ0) is 15.5. The summed E-state index contributed by atoms with van der Waals surface area (Å²) in [5.74, 6) is 0. The summed E-state index contributed by atoms with van der Waals surface area (Å²) in [5, 5.41) is 4.83. The number of nitrogens with one attached hydrogen (secondary N) is 1. The number of rotatable bonds is 6. The van der Waals surface area contributed by atoms with Crippen LogP contribution in [0.15, 0.2) is 47.4 Å². The highest BCUT2D eigenvalue weighted by Gasteiger charge is 2.28. The number of sulfone groups is 1. The molecule has 2 aromatic carbocycles. The molecule has 0 saturated heterocycles. The first-order chi connectivity index (χ1) is 9.96. The van der Waals surface area contributed by atoms with Gasteiger partial charge in [0.25, 0.3) is 0 Å². The first-order valence-corrected chi connectivity index (χ1v) is 8.97. The standard InChI is InChI=1S/C17H23NO2S/c1-4-11-18-13(2)14(3)21(19,20)17-10-9-15-7-5-6-8-16(15)12-17/h5-10,12-14,18H,4,11H2,1-3H3. The highest BCUT2D eigenvalue weighted by molar-refractivity contribution is 7.92. The van der Waals surface area contributed by atoms with Gasteiger partial charge < -0.3 is 5.32 Å². The summed E-state index contributed by atoms with van der Waals surface area (Å²) in [6.45, 7) is 6.61. The fourth-order valence-electron chi connectivity index (χ4n) is 2.37. The molecule has 0 spiro atoms. The van der Waals surface area contributed by atoms with Crippen molar-refractivity contribution in [2.45, 2.75) is 43.4 Å². The Bertz CT molecular complexity index is 710. The zero-order valence-corrected chi connectivity index (χ0v) is 13.7. The van der Waals surface area contributed by atoms with Crippen LogP contribution >= 0.6 is 0 Å². The molecule has 1 N–H and O–H groups in total. The molecule has 2 unspecified atom stereocenters. The lowest BCUT2D eigenvalue weighted by molar-refractivity contribution is 0.509. The van der Waals surface area contributed by atoms with E-state index in [-0.39, 0.29) is 6.04 Å². The Balaban J connectivity index is 2.32. The van der Waals surface area contributed by atoms with E-state index < -0.39 is 15.1 Å². The molecule has 0 radical (unpaired) electrons. The largest absolute Gasteiger partial charge is 0.313 e. The van der Waals surface area contributed by atoms with Crippen LogP contribution in [0.4, 0.5) is 0 Å². The maximum absolute atomic E-state index is 12.7. The average molecular weight is 305 g/mol. The normalized spacial score (nSPS) is 15.0. The molecule has 0 aromatic heterocycles. The van der Waals surface area contributed by atoms with E-state index in [4.69, 9.17) is 0 Å². The fourth-order valence-corrected chi connectivity index (χ4v) is 3.98. The van der Waals surface area contributed by atoms with E-state index >= 15 is 0 Å². The molecule has 2 rings (SSSR count). The van der Waals surface area contributed by atoms with Crippen molar-refractivity contribution >= 4 is 20.6 Å². The Morgan fingerprint density at radius 3 is 2.38 bits per heavy atom. The van der Waals surface area contributed by atoms with Crippen molar-refractivity contribution < 1.29 is 8.42 Å². The number of benzene rings is 2. The van der Waals surface area contributed by atoms with E-state index in [1.807, 2.05) is 37.3 Å². The second-order valence-corrected chi connectivity index (χ2v) is 7.81. The molecule has 0 aliphatic carbocycles. The van der Waals surface area contributed by atoms with E-state index in [2.05, 4.69) is 12.2 Å². The summed E-state index contributed by atoms with van der Waals surface area (Å²) in [7, 11) is -3.32. The third-order valence-electron chi connectivity index (χ3n) is 3.96. The van der Waals surface area contributed by atoms with Crippen molar-refractivity contribution in [1.29, 1.82) is 0 Å². The number of hydrogen-bond donors (Lipinski definition) is 1. The van der Waals surface area contributed by atoms with Gasteiger partial charge in [0.15, 0.2) is 9.84 Å². The van der Waals surface area contributed by atoms with Gasteiger partial charge in [0.05, 0.1) is 10.1 Å². The molecule has 4 heteroatoms. The second-order valence-electron chi connectivity index (χ2n) is 5.50. The molecule has 114 valence electrons. The molecular formula is C17H23NO2S. The number of hydrogen-bond acceptors (Lipinski definition) is 3. The Hall–Kier alpha value is -1.39. The van der Waals surface area contributed by atoms with Crippen LogP contribution in [-0.2, 0) is 9.84 Å². The maximum Gasteiger partial charge on any atom is 0.182 e. The van der Waals surface area contributed by atoms with E-state index in [1.54, 1.807) is 19.1 Å². The van der Waals surface area contributed by atoms with Crippen LogP contribution in [0.3, 0.4) is 0 Å². The minimum atomic E-state index is -3.32. The van der Waals surface area contributed by atoms with E-state index in [1.165, 1.54) is 0 Å². The first-order valence-electron chi connectivity index (χ1n) is 7.43. The van der Waals surface area contributed by atoms with Gasteiger partial charge in [0.1, 0.15) is 0 Å². The topological polar surface area (TPSA) is 46.2 Å². The van der Waals surface area contributed by atoms with Gasteiger partial charge in [0.2, 0.25) is 0 Å². The maximum atomic E-state index is 12.7. The summed E-state index contributed by atoms with van der Waals surface area (Å²) < 4.78 is 25.5. The van der Waals surface area contributed by atoms with E-state index in [0.29, 0.717) is 4.90 Å². The summed E-state index contributed by atoms with van der Waals surface area (Å²) in [6.07, 6.45) is 0.993. The molecular weight excluding hydrogens is 282 g/mol. The van der Waals surface area contributed by atoms with Gasteiger partial charge in [-0.1, -0.05) is 37.3 Å². The monoisotopic (exact) mass is 305 g/mol. The van der Waals surface area contributed by atoms with Gasteiger partial charge >= 0.3 is 0 Å². The Kier molecular flexibility index (Phi) is 5.01. The molecule has 0 saturated carbocycles. The molecule has 0 aliphatic heterocycles. The van der Waals surface area contributed by atoms with Crippen LogP contribution in [-0.4, -0.2) is 26.3 Å². The summed E-state index contributed by atoms with van der Waals surface area (Å²) >= 11 is 0. The molecule has 0 heterocycles. The average Bonchev–Trinajstić information content (AvgIpc) is 2.51. The van der Waals surface area contributed by atoms with Crippen molar-refractivity contribution in [3.05, 3.63) is 42.5 Å². The molecule has 0 amide bonds. The van der Waals surface area contributed by atoms with Crippen LogP contribution in [0.2, 0.25) is 0 Å². The lowest BCUT2D eigenvalue weighted by Gasteiger charge is -2.21. The van der Waals surface area contributed by atoms with Gasteiger partial charge in [-0.2, -0.15) is 0 Å². The highest BCUT2D eigenvalue weighted by atomic mass is 32.2. The Labute approximate surface area is 127 Å². The van der Waals surface area contributed by atoms with E-state index in [9.17, 15) is 8.42 Å². The van der Waals surface area contributed by atoms with Crippen molar-refractivity contribution in [3.63, 3.8) is 0 Å². The molecule has 2 aromatic rings. The van der Waals surface area contributed by atoms with E-state index in [0.717, 1.165) is 23.7 Å². The molecule has 0 aliphatic rings. The van der Waals surface area contributed by atoms with Crippen LogP contribution in [0.1, 0.15) is 27.2 Å². The van der Waals surface area contributed by atoms with Gasteiger partial charge in [0, 0.05) is 6.04 Å². The lowest BCUT2D eigenvalue weighted by Crippen LogP contribution is -2.40. The SMILES string of the molecule is CCCNC(C)C(C)S(=O)(=O)c1ccc2ccccc2c1. The smallest absolute Gasteiger partial charge is 0.182 e. The van der Waals surface area contributed by atoms with Gasteiger partial charge in [-0.15, -0.1) is 0 Å². The third kappa shape index (κ3) is 3.44. The summed E-state index contributed by atoms with van der Waals surface area (Å²) in [6, 6.07) is 13.1. The van der Waals surface area contributed by atoms with Crippen LogP contribution < -0.4 is 5.32 Å². The van der Waals surface area contributed by atoms with Crippen molar-refractivity contribution in [2.75, 3.05) is 6.54 Å². The molecule has 0 fully saturated rings. The minimum Gasteiger partial charge on any atom is -0.313 e. The zero-order valence-electron chi connectivity index (χ0n) is 12.8. The highest BCUT2D eigenvalue weighted by Crippen LogP contribution is 2.23. The molecule has 0 bridgehead atoms. The van der Waals surface area contributed by atoms with Gasteiger partial charge in [-0.3, -0.25) is 0 Å². The summed E-state index contributed by atoms with van der Waals surface area (Å²) in [4.78, 5) is 0.402. The predicted octanol–water partition coefficient (Wildman–Crippen LogP) is 3.39. The second kappa shape index (κ2) is 6.58. The van der Waals surface area contributed by atoms with Crippen LogP contribution in [0, 0.1) is 0 Å². The van der Waals surface area contributed by atoms with Crippen molar-refractivity contribution in [3.8, 4) is 0 Å². The summed E-state index contributed by atoms with van der Waals surface area (Å²) in [5.41, 5.74) is 0. The lowest BCUT2D eigenvalue weighted by atomic mass is 10.1. The Morgan fingerprint density at radius 2 is 1.71 bits per heavy atom. The molecule has 21 heavy (non-hydrogen) atoms. The molecule has 2 atom stereocenters. The predicted molar refractivity (Wildman–Crippen MR) is 88.4 cm³/mol. The minimum absolute atomic E-state index is 0.0681. The van der Waals surface area contributed by atoms with Gasteiger partial charge in [-0.05, 0) is 49.7 Å². The quantitative estimate of drug-likeness (QED) is 0.890.